The van der Waals surface area contributed by atoms with Crippen LogP contribution in [0.15, 0.2) is 0 Å². The molecule has 1 rings (SSSR count). The second-order valence-electron chi connectivity index (χ2n) is 5.71. The summed E-state index contributed by atoms with van der Waals surface area (Å²) in [6.45, 7) is 8.16. The van der Waals surface area contributed by atoms with Crippen LogP contribution in [0.1, 0.15) is 58.8 Å². The van der Waals surface area contributed by atoms with Gasteiger partial charge in [0.15, 0.2) is 0 Å². The summed E-state index contributed by atoms with van der Waals surface area (Å²) in [5.74, 6) is -0.667. The quantitative estimate of drug-likeness (QED) is 0.726. The van der Waals surface area contributed by atoms with Crippen molar-refractivity contribution in [3.63, 3.8) is 0 Å². The molecule has 0 spiro atoms. The fraction of sp³-hybridized carbons (Fsp3) is 0.929. The Morgan fingerprint density at radius 1 is 1.29 bits per heavy atom. The van der Waals surface area contributed by atoms with Gasteiger partial charge in [-0.1, -0.05) is 20.3 Å². The number of hydrogen-bond donors (Lipinski definition) is 1. The summed E-state index contributed by atoms with van der Waals surface area (Å²) in [5, 5.41) is 8.58. The minimum absolute atomic E-state index is 0.320. The maximum atomic E-state index is 10.4. The molecule has 3 nitrogen and oxygen atoms in total. The van der Waals surface area contributed by atoms with E-state index in [1.54, 1.807) is 0 Å². The van der Waals surface area contributed by atoms with Crippen molar-refractivity contribution < 1.29 is 9.90 Å². The highest BCUT2D eigenvalue weighted by molar-refractivity contribution is 5.66. The lowest BCUT2D eigenvalue weighted by Crippen LogP contribution is -2.27. The second kappa shape index (κ2) is 7.00. The SMILES string of the molecule is CCC1(C)CCCN(CCCCC(=O)O)CC1. The molecule has 1 unspecified atom stereocenters. The van der Waals surface area contributed by atoms with Crippen molar-refractivity contribution in [2.45, 2.75) is 58.8 Å². The van der Waals surface area contributed by atoms with Crippen molar-refractivity contribution in [3.05, 3.63) is 0 Å². The van der Waals surface area contributed by atoms with E-state index in [4.69, 9.17) is 5.11 Å². The van der Waals surface area contributed by atoms with Gasteiger partial charge in [-0.3, -0.25) is 4.79 Å². The van der Waals surface area contributed by atoms with Gasteiger partial charge in [0.05, 0.1) is 0 Å². The Kier molecular flexibility index (Phi) is 5.96. The number of unbranched alkanes of at least 4 members (excludes halogenated alkanes) is 1. The molecule has 17 heavy (non-hydrogen) atoms. The first-order chi connectivity index (χ1) is 8.06. The normalized spacial score (nSPS) is 26.7. The van der Waals surface area contributed by atoms with Crippen LogP contribution in [0.2, 0.25) is 0 Å². The van der Waals surface area contributed by atoms with Crippen molar-refractivity contribution in [2.24, 2.45) is 5.41 Å². The van der Waals surface area contributed by atoms with Crippen molar-refractivity contribution in [1.29, 1.82) is 0 Å². The number of aliphatic carboxylic acids is 1. The van der Waals surface area contributed by atoms with E-state index in [1.165, 1.54) is 38.8 Å². The van der Waals surface area contributed by atoms with Crippen LogP contribution in [0.5, 0.6) is 0 Å². The molecule has 0 amide bonds. The standard InChI is InChI=1S/C14H27NO2/c1-3-14(2)8-6-11-15(12-9-14)10-5-4-7-13(16)17/h3-12H2,1-2H3,(H,16,17). The predicted octanol–water partition coefficient (Wildman–Crippen LogP) is 3.14. The van der Waals surface area contributed by atoms with Crippen LogP contribution < -0.4 is 0 Å². The van der Waals surface area contributed by atoms with Crippen molar-refractivity contribution in [2.75, 3.05) is 19.6 Å². The molecule has 1 aliphatic rings. The van der Waals surface area contributed by atoms with E-state index in [9.17, 15) is 4.79 Å². The molecular weight excluding hydrogens is 214 g/mol. The molecule has 0 aromatic heterocycles. The van der Waals surface area contributed by atoms with Gasteiger partial charge in [0.2, 0.25) is 0 Å². The van der Waals surface area contributed by atoms with Crippen LogP contribution in [-0.2, 0) is 4.79 Å². The van der Waals surface area contributed by atoms with Gasteiger partial charge in [0, 0.05) is 6.42 Å². The van der Waals surface area contributed by atoms with Gasteiger partial charge in [0.25, 0.3) is 0 Å². The number of nitrogens with zero attached hydrogens (tertiary/aromatic N) is 1. The van der Waals surface area contributed by atoms with Gasteiger partial charge in [0.1, 0.15) is 0 Å². The topological polar surface area (TPSA) is 40.5 Å². The molecule has 1 fully saturated rings. The zero-order valence-corrected chi connectivity index (χ0v) is 11.4. The highest BCUT2D eigenvalue weighted by atomic mass is 16.4. The third-order valence-electron chi connectivity index (χ3n) is 4.25. The molecule has 1 atom stereocenters. The summed E-state index contributed by atoms with van der Waals surface area (Å²) >= 11 is 0. The molecule has 100 valence electrons. The Hall–Kier alpha value is -0.570. The van der Waals surface area contributed by atoms with Crippen LogP contribution >= 0.6 is 0 Å². The first-order valence-electron chi connectivity index (χ1n) is 7.00. The zero-order chi connectivity index (χ0) is 12.7. The zero-order valence-electron chi connectivity index (χ0n) is 11.4. The number of likely N-dealkylation sites (tertiary alicyclic amines) is 1. The summed E-state index contributed by atoms with van der Waals surface area (Å²) in [6, 6.07) is 0. The number of rotatable bonds is 6. The van der Waals surface area contributed by atoms with Crippen molar-refractivity contribution >= 4 is 5.97 Å². The Balaban J connectivity index is 2.20. The molecule has 1 aliphatic heterocycles. The minimum Gasteiger partial charge on any atom is -0.481 e. The molecule has 0 radical (unpaired) electrons. The van der Waals surface area contributed by atoms with Crippen LogP contribution in [0.4, 0.5) is 0 Å². The molecule has 0 saturated carbocycles. The lowest BCUT2D eigenvalue weighted by Gasteiger charge is -2.26. The minimum atomic E-state index is -0.667. The van der Waals surface area contributed by atoms with Gasteiger partial charge in [-0.05, 0) is 57.2 Å². The van der Waals surface area contributed by atoms with E-state index in [1.807, 2.05) is 0 Å². The van der Waals surface area contributed by atoms with Gasteiger partial charge >= 0.3 is 5.97 Å². The van der Waals surface area contributed by atoms with Crippen molar-refractivity contribution in [1.82, 2.24) is 4.90 Å². The summed E-state index contributed by atoms with van der Waals surface area (Å²) in [7, 11) is 0. The largest absolute Gasteiger partial charge is 0.481 e. The number of carboxylic acids is 1. The van der Waals surface area contributed by atoms with Gasteiger partial charge in [-0.25, -0.2) is 0 Å². The molecule has 0 aliphatic carbocycles. The Bertz CT molecular complexity index is 242. The summed E-state index contributed by atoms with van der Waals surface area (Å²) in [6.07, 6.45) is 7.37. The van der Waals surface area contributed by atoms with Gasteiger partial charge in [-0.15, -0.1) is 0 Å². The average Bonchev–Trinajstić information content (AvgIpc) is 2.48. The Morgan fingerprint density at radius 3 is 2.71 bits per heavy atom. The smallest absolute Gasteiger partial charge is 0.303 e. The van der Waals surface area contributed by atoms with E-state index in [0.717, 1.165) is 19.4 Å². The second-order valence-corrected chi connectivity index (χ2v) is 5.71. The molecule has 1 saturated heterocycles. The van der Waals surface area contributed by atoms with Gasteiger partial charge < -0.3 is 10.0 Å². The number of carbonyl (C=O) groups is 1. The Labute approximate surface area is 105 Å². The molecule has 0 bridgehead atoms. The Morgan fingerprint density at radius 2 is 2.06 bits per heavy atom. The molecule has 1 N–H and O–H groups in total. The van der Waals surface area contributed by atoms with Gasteiger partial charge in [-0.2, -0.15) is 0 Å². The fourth-order valence-corrected chi connectivity index (χ4v) is 2.58. The van der Waals surface area contributed by atoms with Crippen molar-refractivity contribution in [3.8, 4) is 0 Å². The van der Waals surface area contributed by atoms with E-state index in [2.05, 4.69) is 18.7 Å². The maximum absolute atomic E-state index is 10.4. The van der Waals surface area contributed by atoms with E-state index in [0.29, 0.717) is 11.8 Å². The van der Waals surface area contributed by atoms with E-state index in [-0.39, 0.29) is 0 Å². The highest BCUT2D eigenvalue weighted by Crippen LogP contribution is 2.33. The lowest BCUT2D eigenvalue weighted by atomic mass is 9.80. The first kappa shape index (κ1) is 14.5. The summed E-state index contributed by atoms with van der Waals surface area (Å²) < 4.78 is 0. The molecule has 0 aromatic rings. The lowest BCUT2D eigenvalue weighted by molar-refractivity contribution is -0.137. The molecule has 0 aromatic carbocycles. The van der Waals surface area contributed by atoms with Crippen LogP contribution in [0.25, 0.3) is 0 Å². The first-order valence-corrected chi connectivity index (χ1v) is 7.00. The van der Waals surface area contributed by atoms with Crippen LogP contribution in [0.3, 0.4) is 0 Å². The molecule has 3 heteroatoms. The molecule has 1 heterocycles. The maximum Gasteiger partial charge on any atom is 0.303 e. The third-order valence-corrected chi connectivity index (χ3v) is 4.25. The molecular formula is C14H27NO2. The van der Waals surface area contributed by atoms with Crippen LogP contribution in [-0.4, -0.2) is 35.6 Å². The highest BCUT2D eigenvalue weighted by Gasteiger charge is 2.25. The average molecular weight is 241 g/mol. The fourth-order valence-electron chi connectivity index (χ4n) is 2.58. The van der Waals surface area contributed by atoms with Crippen LogP contribution in [0, 0.1) is 5.41 Å². The predicted molar refractivity (Wildman–Crippen MR) is 70.2 cm³/mol. The number of hydrogen-bond acceptors (Lipinski definition) is 2. The van der Waals surface area contributed by atoms with E-state index < -0.39 is 5.97 Å². The third kappa shape index (κ3) is 5.53. The summed E-state index contributed by atoms with van der Waals surface area (Å²) in [5.41, 5.74) is 0.538. The number of carboxylic acid groups (broad SMARTS) is 1. The van der Waals surface area contributed by atoms with E-state index >= 15 is 0 Å². The monoisotopic (exact) mass is 241 g/mol. The summed E-state index contributed by atoms with van der Waals surface area (Å²) in [4.78, 5) is 12.9.